The van der Waals surface area contributed by atoms with Gasteiger partial charge in [-0.3, -0.25) is 0 Å². The first-order chi connectivity index (χ1) is 5.40. The largest absolute Gasteiger partial charge is 0.401 e. The van der Waals surface area contributed by atoms with Gasteiger partial charge in [0.25, 0.3) is 5.71 Å². The van der Waals surface area contributed by atoms with Gasteiger partial charge in [0.15, 0.2) is 0 Å². The first-order valence-corrected chi connectivity index (χ1v) is 2.80. The van der Waals surface area contributed by atoms with Crippen LogP contribution in [0.15, 0.2) is 22.1 Å². The van der Waals surface area contributed by atoms with Crippen molar-refractivity contribution >= 4 is 17.2 Å². The second-order valence-electron chi connectivity index (χ2n) is 1.80. The summed E-state index contributed by atoms with van der Waals surface area (Å²) < 4.78 is 4.78. The van der Waals surface area contributed by atoms with Gasteiger partial charge in [-0.1, -0.05) is 0 Å². The highest BCUT2D eigenvalue weighted by Gasteiger charge is 2.04. The first kappa shape index (κ1) is 5.90. The zero-order chi connectivity index (χ0) is 7.68. The number of rotatable bonds is 1. The van der Waals surface area contributed by atoms with E-state index in [4.69, 9.17) is 4.42 Å². The molecule has 0 saturated carbocycles. The van der Waals surface area contributed by atoms with Crippen molar-refractivity contribution in [2.45, 2.75) is 0 Å². The number of fused-ring (bicyclic) bond motifs is 1. The summed E-state index contributed by atoms with van der Waals surface area (Å²) in [6.07, 6.45) is 2.75. The fraction of sp³-hybridized carbons (Fsp3) is 0. The maximum atomic E-state index is 9.92. The number of nitroso groups, excluding NO2 is 1. The standard InChI is InChI=1S/C5H2N4O2/c10-9-5-8-3-1-6-2-7-4(3)11-5/h1-2H. The smallest absolute Gasteiger partial charge is 0.363 e. The van der Waals surface area contributed by atoms with E-state index in [9.17, 15) is 4.91 Å². The molecule has 0 bridgehead atoms. The fourth-order valence-corrected chi connectivity index (χ4v) is 0.718. The zero-order valence-corrected chi connectivity index (χ0v) is 5.26. The molecule has 2 aromatic heterocycles. The van der Waals surface area contributed by atoms with Gasteiger partial charge in [-0.2, -0.15) is 9.97 Å². The van der Waals surface area contributed by atoms with Gasteiger partial charge in [0.05, 0.1) is 6.20 Å². The molecule has 0 unspecified atom stereocenters. The van der Waals surface area contributed by atoms with Gasteiger partial charge in [-0.25, -0.2) is 4.98 Å². The summed E-state index contributed by atoms with van der Waals surface area (Å²) in [5.41, 5.74) is 0.705. The minimum Gasteiger partial charge on any atom is -0.401 e. The van der Waals surface area contributed by atoms with Gasteiger partial charge in [0.2, 0.25) is 0 Å². The second kappa shape index (κ2) is 2.08. The van der Waals surface area contributed by atoms with Crippen molar-refractivity contribution in [3.05, 3.63) is 17.4 Å². The molecule has 0 aromatic carbocycles. The Morgan fingerprint density at radius 1 is 1.55 bits per heavy atom. The molecule has 0 aliphatic rings. The number of nitrogens with zero attached hydrogens (tertiary/aromatic N) is 4. The van der Waals surface area contributed by atoms with Crippen LogP contribution in [0.25, 0.3) is 11.2 Å². The second-order valence-corrected chi connectivity index (χ2v) is 1.80. The lowest BCUT2D eigenvalue weighted by Crippen LogP contribution is -1.74. The molecule has 54 valence electrons. The van der Waals surface area contributed by atoms with Gasteiger partial charge in [0, 0.05) is 5.18 Å². The van der Waals surface area contributed by atoms with E-state index in [1.165, 1.54) is 12.5 Å². The Bertz CT molecular complexity index is 363. The lowest BCUT2D eigenvalue weighted by Gasteiger charge is -1.78. The molecular formula is C5H2N4O2. The van der Waals surface area contributed by atoms with Crippen molar-refractivity contribution in [3.63, 3.8) is 0 Å². The maximum Gasteiger partial charge on any atom is 0.363 e. The Hall–Kier alpha value is -1.85. The number of hydrogen-bond donors (Lipinski definition) is 0. The van der Waals surface area contributed by atoms with Gasteiger partial charge in [-0.15, -0.1) is 4.91 Å². The van der Waals surface area contributed by atoms with Gasteiger partial charge in [0.1, 0.15) is 11.8 Å². The molecule has 0 aliphatic carbocycles. The molecule has 2 rings (SSSR count). The third-order valence-electron chi connectivity index (χ3n) is 1.14. The summed E-state index contributed by atoms with van der Waals surface area (Å²) in [6, 6.07) is -0.222. The van der Waals surface area contributed by atoms with E-state index in [0.29, 0.717) is 5.52 Å². The molecule has 0 fully saturated rings. The maximum absolute atomic E-state index is 9.92. The van der Waals surface area contributed by atoms with E-state index in [0.717, 1.165) is 0 Å². The number of hydrogen-bond acceptors (Lipinski definition) is 6. The highest BCUT2D eigenvalue weighted by molar-refractivity contribution is 5.67. The Balaban J connectivity index is 2.78. The third kappa shape index (κ3) is 0.841. The fourth-order valence-electron chi connectivity index (χ4n) is 0.718. The molecule has 0 radical (unpaired) electrons. The third-order valence-corrected chi connectivity index (χ3v) is 1.14. The summed E-state index contributed by atoms with van der Waals surface area (Å²) in [4.78, 5) is 21.0. The lowest BCUT2D eigenvalue weighted by atomic mass is 10.6. The van der Waals surface area contributed by atoms with Crippen LogP contribution in [0.3, 0.4) is 0 Å². The van der Waals surface area contributed by atoms with Crippen molar-refractivity contribution in [2.24, 2.45) is 5.18 Å². The zero-order valence-electron chi connectivity index (χ0n) is 5.26. The Kier molecular flexibility index (Phi) is 1.12. The molecule has 0 saturated heterocycles. The van der Waals surface area contributed by atoms with E-state index < -0.39 is 0 Å². The highest BCUT2D eigenvalue weighted by Crippen LogP contribution is 2.16. The topological polar surface area (TPSA) is 81.2 Å². The SMILES string of the molecule is O=Nc1nc2cncnc2o1. The molecule has 6 heteroatoms. The van der Waals surface area contributed by atoms with Gasteiger partial charge < -0.3 is 4.42 Å². The molecule has 0 N–H and O–H groups in total. The van der Waals surface area contributed by atoms with Crippen LogP contribution in [-0.4, -0.2) is 15.0 Å². The molecular weight excluding hydrogens is 148 g/mol. The van der Waals surface area contributed by atoms with Crippen LogP contribution in [0.1, 0.15) is 0 Å². The molecule has 0 spiro atoms. The predicted molar refractivity (Wildman–Crippen MR) is 35.1 cm³/mol. The number of oxazole rings is 1. The molecule has 0 amide bonds. The van der Waals surface area contributed by atoms with E-state index >= 15 is 0 Å². The quantitative estimate of drug-likeness (QED) is 0.566. The molecule has 0 atom stereocenters. The summed E-state index contributed by atoms with van der Waals surface area (Å²) in [5, 5.41) is 2.51. The minimum absolute atomic E-state index is 0.222. The summed E-state index contributed by atoms with van der Waals surface area (Å²) in [5.74, 6) is 0. The first-order valence-electron chi connectivity index (χ1n) is 2.80. The predicted octanol–water partition coefficient (Wildman–Crippen LogP) is 1.02. The Labute approximate surface area is 60.3 Å². The summed E-state index contributed by atoms with van der Waals surface area (Å²) in [6.45, 7) is 0. The summed E-state index contributed by atoms with van der Waals surface area (Å²) in [7, 11) is 0. The van der Waals surface area contributed by atoms with Crippen LogP contribution < -0.4 is 0 Å². The molecule has 11 heavy (non-hydrogen) atoms. The van der Waals surface area contributed by atoms with E-state index in [-0.39, 0.29) is 11.7 Å². The van der Waals surface area contributed by atoms with Crippen LogP contribution in [0, 0.1) is 4.91 Å². The summed E-state index contributed by atoms with van der Waals surface area (Å²) >= 11 is 0. The van der Waals surface area contributed by atoms with Crippen LogP contribution in [0.4, 0.5) is 6.01 Å². The molecule has 6 nitrogen and oxygen atoms in total. The van der Waals surface area contributed by atoms with Crippen molar-refractivity contribution < 1.29 is 4.42 Å². The minimum atomic E-state index is -0.222. The van der Waals surface area contributed by atoms with Crippen molar-refractivity contribution in [3.8, 4) is 0 Å². The highest BCUT2D eigenvalue weighted by atomic mass is 16.4. The Morgan fingerprint density at radius 3 is 3.18 bits per heavy atom. The van der Waals surface area contributed by atoms with Crippen LogP contribution in [0.5, 0.6) is 0 Å². The van der Waals surface area contributed by atoms with E-state index in [2.05, 4.69) is 20.1 Å². The molecule has 2 heterocycles. The van der Waals surface area contributed by atoms with Crippen LogP contribution in [0.2, 0.25) is 0 Å². The van der Waals surface area contributed by atoms with E-state index in [1.807, 2.05) is 0 Å². The molecule has 0 aliphatic heterocycles. The van der Waals surface area contributed by atoms with Crippen LogP contribution in [-0.2, 0) is 0 Å². The number of aromatic nitrogens is 3. The lowest BCUT2D eigenvalue weighted by molar-refractivity contribution is 0.600. The van der Waals surface area contributed by atoms with Crippen molar-refractivity contribution in [2.75, 3.05) is 0 Å². The monoisotopic (exact) mass is 150 g/mol. The van der Waals surface area contributed by atoms with Gasteiger partial charge >= 0.3 is 6.01 Å². The van der Waals surface area contributed by atoms with Crippen molar-refractivity contribution in [1.82, 2.24) is 15.0 Å². The molecule has 2 aromatic rings. The van der Waals surface area contributed by atoms with Crippen molar-refractivity contribution in [1.29, 1.82) is 0 Å². The van der Waals surface area contributed by atoms with Gasteiger partial charge in [-0.05, 0) is 0 Å². The Morgan fingerprint density at radius 2 is 2.45 bits per heavy atom. The average Bonchev–Trinajstić information content (AvgIpc) is 2.46. The van der Waals surface area contributed by atoms with Crippen LogP contribution >= 0.6 is 0 Å². The van der Waals surface area contributed by atoms with E-state index in [1.54, 1.807) is 0 Å². The normalized spacial score (nSPS) is 10.2. The average molecular weight is 150 g/mol.